The van der Waals surface area contributed by atoms with Crippen LogP contribution >= 0.6 is 0 Å². The van der Waals surface area contributed by atoms with Gasteiger partial charge in [0.1, 0.15) is 6.04 Å². The Morgan fingerprint density at radius 1 is 1.15 bits per heavy atom. The lowest BCUT2D eigenvalue weighted by atomic mass is 10.0. The predicted molar refractivity (Wildman–Crippen MR) is 104 cm³/mol. The monoisotopic (exact) mass is 355 g/mol. The molecular weight excluding hydrogens is 326 g/mol. The zero-order chi connectivity index (χ0) is 18.5. The van der Waals surface area contributed by atoms with Crippen LogP contribution in [-0.2, 0) is 16.0 Å². The van der Waals surface area contributed by atoms with Crippen LogP contribution in [0.5, 0.6) is 0 Å². The molecule has 3 rings (SSSR count). The van der Waals surface area contributed by atoms with E-state index >= 15 is 0 Å². The van der Waals surface area contributed by atoms with Crippen LogP contribution in [0.3, 0.4) is 0 Å². The fourth-order valence-corrected chi connectivity index (χ4v) is 3.68. The van der Waals surface area contributed by atoms with Gasteiger partial charge in [-0.15, -0.1) is 0 Å². The van der Waals surface area contributed by atoms with Gasteiger partial charge in [0.25, 0.3) is 0 Å². The van der Waals surface area contributed by atoms with Crippen LogP contribution in [-0.4, -0.2) is 40.8 Å². The molecule has 26 heavy (non-hydrogen) atoms. The predicted octanol–water partition coefficient (Wildman–Crippen LogP) is 3.25. The molecule has 2 heterocycles. The van der Waals surface area contributed by atoms with Crippen molar-refractivity contribution in [1.29, 1.82) is 0 Å². The van der Waals surface area contributed by atoms with Crippen LogP contribution in [0.1, 0.15) is 45.1 Å². The summed E-state index contributed by atoms with van der Waals surface area (Å²) < 4.78 is 0. The summed E-state index contributed by atoms with van der Waals surface area (Å²) in [6.45, 7) is 5.62. The summed E-state index contributed by atoms with van der Waals surface area (Å²) in [6, 6.07) is 7.57. The maximum absolute atomic E-state index is 13.1. The van der Waals surface area contributed by atoms with E-state index in [4.69, 9.17) is 0 Å². The molecule has 1 saturated heterocycles. The van der Waals surface area contributed by atoms with E-state index in [1.54, 1.807) is 0 Å². The third-order valence-electron chi connectivity index (χ3n) is 4.99. The van der Waals surface area contributed by atoms with Gasteiger partial charge >= 0.3 is 0 Å². The van der Waals surface area contributed by atoms with Crippen LogP contribution in [0, 0.1) is 5.92 Å². The molecule has 1 aliphatic rings. The molecule has 5 heteroatoms. The molecule has 2 N–H and O–H groups in total. The average Bonchev–Trinajstić information content (AvgIpc) is 3.04. The lowest BCUT2D eigenvalue weighted by Gasteiger charge is -2.31. The molecule has 5 nitrogen and oxygen atoms in total. The zero-order valence-corrected chi connectivity index (χ0v) is 15.8. The Labute approximate surface area is 155 Å². The number of carbonyl (C=O) groups is 2. The number of likely N-dealkylation sites (tertiary alicyclic amines) is 1. The van der Waals surface area contributed by atoms with Gasteiger partial charge in [-0.1, -0.05) is 32.0 Å². The number of hydrogen-bond acceptors (Lipinski definition) is 2. The first-order valence-corrected chi connectivity index (χ1v) is 9.67. The third-order valence-corrected chi connectivity index (χ3v) is 4.99. The Morgan fingerprint density at radius 3 is 2.62 bits per heavy atom. The second-order valence-corrected chi connectivity index (χ2v) is 7.67. The molecule has 2 aromatic rings. The number of para-hydroxylation sites is 1. The van der Waals surface area contributed by atoms with Gasteiger partial charge in [0.05, 0.1) is 0 Å². The second-order valence-electron chi connectivity index (χ2n) is 7.67. The Morgan fingerprint density at radius 2 is 1.88 bits per heavy atom. The van der Waals surface area contributed by atoms with Gasteiger partial charge in [-0.25, -0.2) is 0 Å². The summed E-state index contributed by atoms with van der Waals surface area (Å²) in [5.74, 6) is 0.274. The summed E-state index contributed by atoms with van der Waals surface area (Å²) in [5, 5.41) is 4.12. The highest BCUT2D eigenvalue weighted by molar-refractivity contribution is 5.89. The van der Waals surface area contributed by atoms with Crippen LogP contribution in [0.25, 0.3) is 10.9 Å². The van der Waals surface area contributed by atoms with E-state index in [0.717, 1.165) is 42.4 Å². The zero-order valence-electron chi connectivity index (χ0n) is 15.8. The number of rotatable bonds is 6. The Bertz CT molecular complexity index is 759. The molecule has 2 amide bonds. The van der Waals surface area contributed by atoms with Crippen LogP contribution in [0.2, 0.25) is 0 Å². The van der Waals surface area contributed by atoms with Gasteiger partial charge in [-0.3, -0.25) is 9.59 Å². The number of nitrogens with zero attached hydrogens (tertiary/aromatic N) is 1. The highest BCUT2D eigenvalue weighted by Gasteiger charge is 2.28. The first-order chi connectivity index (χ1) is 12.5. The normalized spacial score (nSPS) is 16.0. The number of piperidine rings is 1. The molecule has 1 unspecified atom stereocenters. The highest BCUT2D eigenvalue weighted by atomic mass is 16.2. The smallest absolute Gasteiger partial charge is 0.245 e. The van der Waals surface area contributed by atoms with E-state index < -0.39 is 6.04 Å². The molecule has 0 spiro atoms. The molecule has 1 aromatic heterocycles. The lowest BCUT2D eigenvalue weighted by Crippen LogP contribution is -2.51. The number of aromatic nitrogens is 1. The minimum atomic E-state index is -0.501. The van der Waals surface area contributed by atoms with Crippen molar-refractivity contribution in [3.63, 3.8) is 0 Å². The summed E-state index contributed by atoms with van der Waals surface area (Å²) in [5.41, 5.74) is 2.13. The SMILES string of the molecule is CC(C)CC(=O)NC(Cc1c[nH]c2ccccc12)C(=O)N1CCCCC1. The molecule has 1 fully saturated rings. The minimum absolute atomic E-state index is 0.0461. The van der Waals surface area contributed by atoms with Crippen molar-refractivity contribution in [2.75, 3.05) is 13.1 Å². The largest absolute Gasteiger partial charge is 0.361 e. The fraction of sp³-hybridized carbons (Fsp3) is 0.524. The van der Waals surface area contributed by atoms with E-state index in [1.165, 1.54) is 6.42 Å². The van der Waals surface area contributed by atoms with Crippen molar-refractivity contribution in [3.05, 3.63) is 36.0 Å². The van der Waals surface area contributed by atoms with Gasteiger partial charge in [0.2, 0.25) is 11.8 Å². The molecule has 140 valence electrons. The van der Waals surface area contributed by atoms with Crippen LogP contribution in [0.4, 0.5) is 0 Å². The van der Waals surface area contributed by atoms with E-state index in [0.29, 0.717) is 12.8 Å². The number of aromatic amines is 1. The van der Waals surface area contributed by atoms with Crippen molar-refractivity contribution in [3.8, 4) is 0 Å². The lowest BCUT2D eigenvalue weighted by molar-refractivity contribution is -0.137. The minimum Gasteiger partial charge on any atom is -0.361 e. The Kier molecular flexibility index (Phi) is 5.96. The van der Waals surface area contributed by atoms with Gasteiger partial charge in [-0.2, -0.15) is 0 Å². The fourth-order valence-electron chi connectivity index (χ4n) is 3.68. The van der Waals surface area contributed by atoms with Gasteiger partial charge < -0.3 is 15.2 Å². The van der Waals surface area contributed by atoms with Crippen molar-refractivity contribution in [2.45, 2.75) is 52.0 Å². The average molecular weight is 355 g/mol. The van der Waals surface area contributed by atoms with E-state index in [1.807, 2.05) is 43.1 Å². The third kappa shape index (κ3) is 4.45. The molecule has 0 saturated carbocycles. The number of fused-ring (bicyclic) bond motifs is 1. The summed E-state index contributed by atoms with van der Waals surface area (Å²) in [7, 11) is 0. The maximum atomic E-state index is 13.1. The molecule has 1 aromatic carbocycles. The van der Waals surface area contributed by atoms with Crippen molar-refractivity contribution in [2.24, 2.45) is 5.92 Å². The molecule has 0 bridgehead atoms. The first-order valence-electron chi connectivity index (χ1n) is 9.67. The number of hydrogen-bond donors (Lipinski definition) is 2. The number of carbonyl (C=O) groups excluding carboxylic acids is 2. The Balaban J connectivity index is 1.79. The van der Waals surface area contributed by atoms with Gasteiger partial charge in [-0.05, 0) is 36.8 Å². The van der Waals surface area contributed by atoms with Crippen molar-refractivity contribution >= 4 is 22.7 Å². The summed E-state index contributed by atoms with van der Waals surface area (Å²) >= 11 is 0. The van der Waals surface area contributed by atoms with Gasteiger partial charge in [0.15, 0.2) is 0 Å². The first kappa shape index (κ1) is 18.5. The number of amides is 2. The number of nitrogens with one attached hydrogen (secondary N) is 2. The van der Waals surface area contributed by atoms with Crippen LogP contribution < -0.4 is 5.32 Å². The summed E-state index contributed by atoms with van der Waals surface area (Å²) in [4.78, 5) is 30.6. The highest BCUT2D eigenvalue weighted by Crippen LogP contribution is 2.20. The molecule has 0 radical (unpaired) electrons. The standard InChI is InChI=1S/C21H29N3O2/c1-15(2)12-20(25)23-19(21(26)24-10-6-3-7-11-24)13-16-14-22-18-9-5-4-8-17(16)18/h4-5,8-9,14-15,19,22H,3,6-7,10-13H2,1-2H3,(H,23,25). The number of H-pyrrole nitrogens is 1. The molecular formula is C21H29N3O2. The molecule has 0 aliphatic carbocycles. The van der Waals surface area contributed by atoms with E-state index in [-0.39, 0.29) is 17.7 Å². The van der Waals surface area contributed by atoms with Gasteiger partial charge in [0, 0.05) is 43.0 Å². The van der Waals surface area contributed by atoms with E-state index in [2.05, 4.69) is 16.4 Å². The topological polar surface area (TPSA) is 65.2 Å². The molecule has 1 aliphatic heterocycles. The van der Waals surface area contributed by atoms with Crippen molar-refractivity contribution in [1.82, 2.24) is 15.2 Å². The summed E-state index contributed by atoms with van der Waals surface area (Å²) in [6.07, 6.45) is 6.18. The molecule has 1 atom stereocenters. The maximum Gasteiger partial charge on any atom is 0.245 e. The van der Waals surface area contributed by atoms with Crippen LogP contribution in [0.15, 0.2) is 30.5 Å². The quantitative estimate of drug-likeness (QED) is 0.835. The second kappa shape index (κ2) is 8.39. The number of benzene rings is 1. The Hall–Kier alpha value is -2.30. The van der Waals surface area contributed by atoms with Crippen molar-refractivity contribution < 1.29 is 9.59 Å². The van der Waals surface area contributed by atoms with E-state index in [9.17, 15) is 9.59 Å².